The van der Waals surface area contributed by atoms with Crippen LogP contribution in [0.5, 0.6) is 0 Å². The van der Waals surface area contributed by atoms with Gasteiger partial charge in [0, 0.05) is 12.1 Å². The SMILES string of the molecule is Cc1cc(CNS(=O)(=O)CC2CCCN2)on1. The fraction of sp³-hybridized carbons (Fsp3) is 0.700. The van der Waals surface area contributed by atoms with Gasteiger partial charge in [0.15, 0.2) is 5.76 Å². The molecule has 0 amide bonds. The van der Waals surface area contributed by atoms with Gasteiger partial charge in [-0.15, -0.1) is 0 Å². The molecule has 2 rings (SSSR count). The summed E-state index contributed by atoms with van der Waals surface area (Å²) in [7, 11) is -3.25. The Morgan fingerprint density at radius 2 is 2.47 bits per heavy atom. The van der Waals surface area contributed by atoms with Crippen LogP contribution in [0.15, 0.2) is 10.6 Å². The van der Waals surface area contributed by atoms with Crippen molar-refractivity contribution in [1.82, 2.24) is 15.2 Å². The number of rotatable bonds is 5. The summed E-state index contributed by atoms with van der Waals surface area (Å²) >= 11 is 0. The molecule has 2 N–H and O–H groups in total. The van der Waals surface area contributed by atoms with Crippen molar-refractivity contribution in [2.75, 3.05) is 12.3 Å². The van der Waals surface area contributed by atoms with Crippen molar-refractivity contribution >= 4 is 10.0 Å². The van der Waals surface area contributed by atoms with Gasteiger partial charge in [-0.3, -0.25) is 0 Å². The average molecular weight is 259 g/mol. The lowest BCUT2D eigenvalue weighted by Gasteiger charge is -2.10. The zero-order chi connectivity index (χ0) is 12.3. The maximum Gasteiger partial charge on any atom is 0.213 e. The second-order valence-corrected chi connectivity index (χ2v) is 6.18. The number of sulfonamides is 1. The van der Waals surface area contributed by atoms with Crippen LogP contribution in [0.25, 0.3) is 0 Å². The predicted molar refractivity (Wildman–Crippen MR) is 62.9 cm³/mol. The van der Waals surface area contributed by atoms with Crippen LogP contribution in [0.1, 0.15) is 24.3 Å². The monoisotopic (exact) mass is 259 g/mol. The standard InChI is InChI=1S/C10H17N3O3S/c1-8-5-10(16-13-8)6-12-17(14,15)7-9-3-2-4-11-9/h5,9,11-12H,2-4,6-7H2,1H3. The third-order valence-corrected chi connectivity index (χ3v) is 4.15. The molecular weight excluding hydrogens is 242 g/mol. The van der Waals surface area contributed by atoms with Gasteiger partial charge >= 0.3 is 0 Å². The van der Waals surface area contributed by atoms with E-state index in [1.807, 2.05) is 0 Å². The maximum atomic E-state index is 11.8. The summed E-state index contributed by atoms with van der Waals surface area (Å²) < 4.78 is 31.0. The van der Waals surface area contributed by atoms with Crippen molar-refractivity contribution in [2.24, 2.45) is 0 Å². The van der Waals surface area contributed by atoms with Crippen molar-refractivity contribution in [1.29, 1.82) is 0 Å². The van der Waals surface area contributed by atoms with Crippen molar-refractivity contribution in [3.05, 3.63) is 17.5 Å². The second kappa shape index (κ2) is 5.16. The van der Waals surface area contributed by atoms with Crippen LogP contribution < -0.4 is 10.0 Å². The van der Waals surface area contributed by atoms with Crippen LogP contribution in [0.4, 0.5) is 0 Å². The van der Waals surface area contributed by atoms with Crippen LogP contribution in [-0.2, 0) is 16.6 Å². The van der Waals surface area contributed by atoms with E-state index in [1.165, 1.54) is 0 Å². The average Bonchev–Trinajstić information content (AvgIpc) is 2.86. The summed E-state index contributed by atoms with van der Waals surface area (Å²) in [5.74, 6) is 0.658. The summed E-state index contributed by atoms with van der Waals surface area (Å²) in [6.45, 7) is 2.86. The van der Waals surface area contributed by atoms with E-state index in [9.17, 15) is 8.42 Å². The first-order valence-electron chi connectivity index (χ1n) is 5.68. The minimum absolute atomic E-state index is 0.0731. The van der Waals surface area contributed by atoms with Crippen LogP contribution in [0.3, 0.4) is 0 Å². The Morgan fingerprint density at radius 3 is 3.06 bits per heavy atom. The normalized spacial score (nSPS) is 20.9. The Bertz CT molecular complexity index is 463. The number of nitrogens with one attached hydrogen (secondary N) is 2. The molecule has 0 aromatic carbocycles. The Balaban J connectivity index is 1.84. The molecule has 1 aliphatic heterocycles. The molecule has 1 aromatic heterocycles. The first-order chi connectivity index (χ1) is 8.05. The fourth-order valence-corrected chi connectivity index (χ4v) is 3.20. The number of hydrogen-bond donors (Lipinski definition) is 2. The number of hydrogen-bond acceptors (Lipinski definition) is 5. The lowest BCUT2D eigenvalue weighted by atomic mass is 10.3. The van der Waals surface area contributed by atoms with Crippen LogP contribution in [0, 0.1) is 6.92 Å². The molecule has 1 atom stereocenters. The maximum absolute atomic E-state index is 11.8. The van der Waals surface area contributed by atoms with Gasteiger partial charge in [-0.25, -0.2) is 13.1 Å². The minimum atomic E-state index is -3.25. The van der Waals surface area contributed by atoms with Crippen molar-refractivity contribution in [3.8, 4) is 0 Å². The zero-order valence-electron chi connectivity index (χ0n) is 9.77. The molecule has 0 bridgehead atoms. The summed E-state index contributed by atoms with van der Waals surface area (Å²) in [5.41, 5.74) is 0.747. The summed E-state index contributed by atoms with van der Waals surface area (Å²) in [6, 6.07) is 1.79. The molecule has 0 saturated carbocycles. The van der Waals surface area contributed by atoms with Crippen molar-refractivity contribution < 1.29 is 12.9 Å². The van der Waals surface area contributed by atoms with Crippen molar-refractivity contribution in [2.45, 2.75) is 32.4 Å². The lowest BCUT2D eigenvalue weighted by Crippen LogP contribution is -2.36. The van der Waals surface area contributed by atoms with Crippen LogP contribution in [-0.4, -0.2) is 31.9 Å². The molecule has 1 fully saturated rings. The highest BCUT2D eigenvalue weighted by molar-refractivity contribution is 7.89. The fourth-order valence-electron chi connectivity index (χ4n) is 1.90. The molecule has 0 spiro atoms. The van der Waals surface area contributed by atoms with Crippen LogP contribution >= 0.6 is 0 Å². The number of aromatic nitrogens is 1. The molecule has 17 heavy (non-hydrogen) atoms. The quantitative estimate of drug-likeness (QED) is 0.786. The first-order valence-corrected chi connectivity index (χ1v) is 7.33. The van der Waals surface area contributed by atoms with E-state index in [2.05, 4.69) is 15.2 Å². The largest absolute Gasteiger partial charge is 0.360 e. The van der Waals surface area contributed by atoms with E-state index >= 15 is 0 Å². The topological polar surface area (TPSA) is 84.2 Å². The number of aryl methyl sites for hydroxylation is 1. The van der Waals surface area contributed by atoms with Gasteiger partial charge in [0.1, 0.15) is 0 Å². The first kappa shape index (κ1) is 12.5. The smallest absolute Gasteiger partial charge is 0.213 e. The molecular formula is C10H17N3O3S. The van der Waals surface area contributed by atoms with E-state index in [4.69, 9.17) is 4.52 Å². The highest BCUT2D eigenvalue weighted by atomic mass is 32.2. The molecule has 96 valence electrons. The third-order valence-electron chi connectivity index (χ3n) is 2.73. The summed E-state index contributed by atoms with van der Waals surface area (Å²) in [4.78, 5) is 0. The molecule has 1 aromatic rings. The Kier molecular flexibility index (Phi) is 3.80. The van der Waals surface area contributed by atoms with Gasteiger partial charge in [0.2, 0.25) is 10.0 Å². The Hall–Kier alpha value is -0.920. The zero-order valence-corrected chi connectivity index (χ0v) is 10.6. The van der Waals surface area contributed by atoms with Gasteiger partial charge in [-0.2, -0.15) is 0 Å². The van der Waals surface area contributed by atoms with Crippen LogP contribution in [0.2, 0.25) is 0 Å². The van der Waals surface area contributed by atoms with Gasteiger partial charge in [0.25, 0.3) is 0 Å². The lowest BCUT2D eigenvalue weighted by molar-refractivity contribution is 0.376. The molecule has 0 radical (unpaired) electrons. The highest BCUT2D eigenvalue weighted by Crippen LogP contribution is 2.08. The van der Waals surface area contributed by atoms with E-state index in [0.717, 1.165) is 25.1 Å². The molecule has 2 heterocycles. The van der Waals surface area contributed by atoms with Gasteiger partial charge in [0.05, 0.1) is 18.0 Å². The minimum Gasteiger partial charge on any atom is -0.360 e. The third kappa shape index (κ3) is 3.79. The Morgan fingerprint density at radius 1 is 1.65 bits per heavy atom. The van der Waals surface area contributed by atoms with Gasteiger partial charge in [-0.1, -0.05) is 5.16 Å². The Labute approximate surface area is 101 Å². The summed E-state index contributed by atoms with van der Waals surface area (Å²) in [5, 5.41) is 6.86. The molecule has 7 heteroatoms. The molecule has 1 unspecified atom stereocenters. The molecule has 0 aliphatic carbocycles. The van der Waals surface area contributed by atoms with E-state index in [1.54, 1.807) is 13.0 Å². The summed E-state index contributed by atoms with van der Waals surface area (Å²) in [6.07, 6.45) is 1.96. The second-order valence-electron chi connectivity index (χ2n) is 4.33. The van der Waals surface area contributed by atoms with Crippen molar-refractivity contribution in [3.63, 3.8) is 0 Å². The molecule has 6 nitrogen and oxygen atoms in total. The predicted octanol–water partition coefficient (Wildman–Crippen LogP) is 0.154. The van der Waals surface area contributed by atoms with Gasteiger partial charge in [-0.05, 0) is 26.3 Å². The van der Waals surface area contributed by atoms with E-state index in [0.29, 0.717) is 5.76 Å². The van der Waals surface area contributed by atoms with E-state index < -0.39 is 10.0 Å². The highest BCUT2D eigenvalue weighted by Gasteiger charge is 2.21. The molecule has 1 aliphatic rings. The van der Waals surface area contributed by atoms with E-state index in [-0.39, 0.29) is 18.3 Å². The number of nitrogens with zero attached hydrogens (tertiary/aromatic N) is 1. The van der Waals surface area contributed by atoms with Gasteiger partial charge < -0.3 is 9.84 Å². The molecule has 1 saturated heterocycles.